The molecule has 1 aromatic heterocycles. The lowest BCUT2D eigenvalue weighted by molar-refractivity contribution is 1.16. The van der Waals surface area contributed by atoms with Gasteiger partial charge in [0.1, 0.15) is 0 Å². The molecule has 17 rings (SSSR count). The number of fused-ring (bicyclic) bond motifs is 7. The summed E-state index contributed by atoms with van der Waals surface area (Å²) in [5.74, 6) is 0. The van der Waals surface area contributed by atoms with Gasteiger partial charge in [-0.2, -0.15) is 0 Å². The van der Waals surface area contributed by atoms with E-state index in [0.717, 1.165) is 34.1 Å². The van der Waals surface area contributed by atoms with Gasteiger partial charge in [0.25, 0.3) is 6.71 Å². The predicted molar refractivity (Wildman–Crippen MR) is 397 cm³/mol. The molecule has 3 nitrogen and oxygen atoms in total. The Labute approximate surface area is 541 Å². The summed E-state index contributed by atoms with van der Waals surface area (Å²) in [5, 5.41) is 13.2. The molecular weight excluding hydrogens is 1140 g/mol. The highest BCUT2D eigenvalue weighted by atomic mass is 28.3. The van der Waals surface area contributed by atoms with E-state index < -0.39 is 16.1 Å². The maximum Gasteiger partial charge on any atom is 0.252 e. The van der Waals surface area contributed by atoms with E-state index in [0.29, 0.717) is 0 Å². The Morgan fingerprint density at radius 1 is 0.261 bits per heavy atom. The zero-order valence-electron chi connectivity index (χ0n) is 51.4. The van der Waals surface area contributed by atoms with Crippen LogP contribution in [0.2, 0.25) is 0 Å². The van der Waals surface area contributed by atoms with Crippen LogP contribution >= 0.6 is 0 Å². The molecule has 0 radical (unpaired) electrons. The lowest BCUT2D eigenvalue weighted by Gasteiger charge is -2.46. The number of hydrogen-bond donors (Lipinski definition) is 0. The SMILES string of the molecule is Cc1ccc([Si](c2ccccc2)(c2ccccc2)c2ccc(N3c4cccc(-c5ccccc5)c4B4c5cc([Si](c6ccccc6)(c6ccccc6)c6ccc(C)cc6)ccc5N(c5ccccc5)c5cc(-n6c7ccccc7c7ccccc76)cc3c54)cc2)cc1. The Hall–Kier alpha value is -11.0. The van der Waals surface area contributed by atoms with E-state index in [2.05, 4.69) is 380 Å². The average molecular weight is 1210 g/mol. The van der Waals surface area contributed by atoms with Crippen molar-refractivity contribution in [1.82, 2.24) is 4.57 Å². The molecular formula is C86H64BN3Si2. The summed E-state index contributed by atoms with van der Waals surface area (Å²) >= 11 is 0. The Kier molecular flexibility index (Phi) is 13.5. The fraction of sp³-hybridized carbons (Fsp3) is 0.0233. The van der Waals surface area contributed by atoms with Gasteiger partial charge in [-0.25, -0.2) is 0 Å². The largest absolute Gasteiger partial charge is 0.311 e. The Morgan fingerprint density at radius 3 is 1.13 bits per heavy atom. The number of rotatable bonds is 12. The van der Waals surface area contributed by atoms with Crippen LogP contribution in [0, 0.1) is 13.8 Å². The molecule has 0 spiro atoms. The highest BCUT2D eigenvalue weighted by Gasteiger charge is 2.48. The van der Waals surface area contributed by atoms with Gasteiger partial charge in [-0.1, -0.05) is 302 Å². The van der Waals surface area contributed by atoms with Gasteiger partial charge >= 0.3 is 0 Å². The molecule has 6 heteroatoms. The van der Waals surface area contributed by atoms with Crippen molar-refractivity contribution in [2.24, 2.45) is 0 Å². The first-order valence-corrected chi connectivity index (χ1v) is 36.1. The number of aromatic nitrogens is 1. The lowest BCUT2D eigenvalue weighted by Crippen LogP contribution is -2.75. The summed E-state index contributed by atoms with van der Waals surface area (Å²) < 4.78 is 2.51. The molecule has 0 amide bonds. The Balaban J connectivity index is 0.995. The van der Waals surface area contributed by atoms with Crippen LogP contribution in [0.15, 0.2) is 352 Å². The van der Waals surface area contributed by atoms with Gasteiger partial charge in [0.05, 0.1) is 16.7 Å². The average Bonchev–Trinajstić information content (AvgIpc) is 0.901. The van der Waals surface area contributed by atoms with Crippen molar-refractivity contribution in [3.8, 4) is 16.8 Å². The molecule has 14 aromatic carbocycles. The standard InChI is InChI=1S/C86H64BN3Si2/c1-61-44-50-71(51-45-61)91(67-30-13-5-14-31-67,68-32-15-6-16-33-68)73-54-48-65(49-55-73)89-82-43-25-40-75(63-26-9-3-10-27-63)85(82)87-78-60-74(92(69-34-17-7-18-35-69,70-36-19-8-20-37-70)72-52-46-62(2)47-53-72)56-57-81(78)88(64-28-11-4-12-29-64)83-58-66(59-84(89)86(83)87)90-79-41-23-21-38-76(79)77-39-22-24-42-80(77)90/h3-60H,1-2H3. The summed E-state index contributed by atoms with van der Waals surface area (Å²) in [6, 6.07) is 134. The third-order valence-electron chi connectivity index (χ3n) is 19.8. The van der Waals surface area contributed by atoms with Gasteiger partial charge in [0.2, 0.25) is 0 Å². The second kappa shape index (κ2) is 22.5. The minimum Gasteiger partial charge on any atom is -0.311 e. The minimum absolute atomic E-state index is 0.210. The topological polar surface area (TPSA) is 11.4 Å². The molecule has 3 heterocycles. The summed E-state index contributed by atoms with van der Waals surface area (Å²) in [6.45, 7) is 4.19. The Morgan fingerprint density at radius 2 is 0.641 bits per heavy atom. The molecule has 0 aliphatic carbocycles. The minimum atomic E-state index is -3.07. The van der Waals surface area contributed by atoms with Crippen molar-refractivity contribution in [3.05, 3.63) is 363 Å². The fourth-order valence-corrected chi connectivity index (χ4v) is 25.3. The summed E-state index contributed by atoms with van der Waals surface area (Å²) in [4.78, 5) is 5.21. The number of anilines is 6. The van der Waals surface area contributed by atoms with Crippen molar-refractivity contribution in [2.75, 3.05) is 9.80 Å². The number of aryl methyl sites for hydroxylation is 2. The van der Waals surface area contributed by atoms with E-state index in [4.69, 9.17) is 0 Å². The molecule has 0 unspecified atom stereocenters. The van der Waals surface area contributed by atoms with Crippen molar-refractivity contribution < 1.29 is 0 Å². The molecule has 434 valence electrons. The van der Waals surface area contributed by atoms with Crippen LogP contribution in [-0.2, 0) is 0 Å². The predicted octanol–water partition coefficient (Wildman–Crippen LogP) is 13.9. The zero-order valence-corrected chi connectivity index (χ0v) is 53.4. The van der Waals surface area contributed by atoms with Crippen LogP contribution in [0.5, 0.6) is 0 Å². The molecule has 0 saturated heterocycles. The number of para-hydroxylation sites is 3. The fourth-order valence-electron chi connectivity index (χ4n) is 15.8. The Bertz CT molecular complexity index is 5090. The van der Waals surface area contributed by atoms with Gasteiger partial charge in [-0.15, -0.1) is 0 Å². The van der Waals surface area contributed by atoms with Crippen LogP contribution in [0.25, 0.3) is 38.6 Å². The molecule has 92 heavy (non-hydrogen) atoms. The van der Waals surface area contributed by atoms with E-state index in [9.17, 15) is 0 Å². The van der Waals surface area contributed by atoms with Gasteiger partial charge in [0.15, 0.2) is 16.1 Å². The van der Waals surface area contributed by atoms with E-state index >= 15 is 0 Å². The van der Waals surface area contributed by atoms with E-state index in [1.807, 2.05) is 0 Å². The highest BCUT2D eigenvalue weighted by molar-refractivity contribution is 7.20. The van der Waals surface area contributed by atoms with Crippen LogP contribution < -0.4 is 67.7 Å². The third kappa shape index (κ3) is 8.62. The number of hydrogen-bond acceptors (Lipinski definition) is 2. The van der Waals surface area contributed by atoms with Crippen molar-refractivity contribution in [3.63, 3.8) is 0 Å². The first kappa shape index (κ1) is 55.1. The van der Waals surface area contributed by atoms with Gasteiger partial charge in [0, 0.05) is 44.9 Å². The van der Waals surface area contributed by atoms with Gasteiger partial charge < -0.3 is 14.4 Å². The number of nitrogens with zero attached hydrogens (tertiary/aromatic N) is 3. The molecule has 2 aliphatic rings. The van der Waals surface area contributed by atoms with Crippen LogP contribution in [-0.4, -0.2) is 27.4 Å². The molecule has 0 fully saturated rings. The third-order valence-corrected chi connectivity index (χ3v) is 29.4. The van der Waals surface area contributed by atoms with Crippen LogP contribution in [0.3, 0.4) is 0 Å². The first-order valence-electron chi connectivity index (χ1n) is 32.1. The monoisotopic (exact) mass is 1210 g/mol. The molecule has 2 aliphatic heterocycles. The molecule has 0 atom stereocenters. The number of benzene rings is 14. The second-order valence-electron chi connectivity index (χ2n) is 24.8. The van der Waals surface area contributed by atoms with Crippen molar-refractivity contribution in [1.29, 1.82) is 0 Å². The van der Waals surface area contributed by atoms with Gasteiger partial charge in [-0.05, 0) is 144 Å². The lowest BCUT2D eigenvalue weighted by atomic mass is 9.32. The van der Waals surface area contributed by atoms with Crippen LogP contribution in [0.4, 0.5) is 34.1 Å². The second-order valence-corrected chi connectivity index (χ2v) is 32.4. The smallest absolute Gasteiger partial charge is 0.252 e. The summed E-state index contributed by atoms with van der Waals surface area (Å²) in [5.41, 5.74) is 19.0. The van der Waals surface area contributed by atoms with E-state index in [-0.39, 0.29) is 6.71 Å². The van der Waals surface area contributed by atoms with E-state index in [1.54, 1.807) is 0 Å². The summed E-state index contributed by atoms with van der Waals surface area (Å²) in [7, 11) is -5.99. The first-order chi connectivity index (χ1) is 45.5. The molecule has 0 saturated carbocycles. The van der Waals surface area contributed by atoms with Crippen molar-refractivity contribution in [2.45, 2.75) is 13.8 Å². The molecule has 0 N–H and O–H groups in total. The normalized spacial score (nSPS) is 12.6. The molecule has 15 aromatic rings. The van der Waals surface area contributed by atoms with Crippen molar-refractivity contribution >= 4 is 137 Å². The van der Waals surface area contributed by atoms with E-state index in [1.165, 1.54) is 108 Å². The van der Waals surface area contributed by atoms with Crippen LogP contribution in [0.1, 0.15) is 11.1 Å². The maximum absolute atomic E-state index is 3.07. The highest BCUT2D eigenvalue weighted by Crippen LogP contribution is 2.47. The maximum atomic E-state index is 2.66. The van der Waals surface area contributed by atoms with Gasteiger partial charge in [-0.3, -0.25) is 0 Å². The quantitative estimate of drug-likeness (QED) is 0.0892. The zero-order chi connectivity index (χ0) is 61.3. The summed E-state index contributed by atoms with van der Waals surface area (Å²) in [6.07, 6.45) is 0. The molecule has 0 bridgehead atoms.